The van der Waals surface area contributed by atoms with E-state index in [0.29, 0.717) is 11.3 Å². The monoisotopic (exact) mass is 203 g/mol. The summed E-state index contributed by atoms with van der Waals surface area (Å²) in [6.07, 6.45) is 2.92. The molecule has 0 aliphatic rings. The van der Waals surface area contributed by atoms with Crippen LogP contribution in [0.4, 0.5) is 10.2 Å². The number of hydrogen-bond donors (Lipinski definition) is 1. The van der Waals surface area contributed by atoms with Crippen molar-refractivity contribution in [2.75, 3.05) is 5.73 Å². The molecule has 76 valence electrons. The van der Waals surface area contributed by atoms with Crippen molar-refractivity contribution in [1.29, 1.82) is 0 Å². The minimum absolute atomic E-state index is 0.286. The molecule has 2 aromatic rings. The van der Waals surface area contributed by atoms with Crippen LogP contribution in [0.1, 0.15) is 5.56 Å². The first-order valence-electron chi connectivity index (χ1n) is 4.51. The van der Waals surface area contributed by atoms with Crippen LogP contribution in [0.5, 0.6) is 0 Å². The lowest BCUT2D eigenvalue weighted by Crippen LogP contribution is -1.95. The maximum atomic E-state index is 13.5. The molecule has 0 saturated carbocycles. The normalized spacial score (nSPS) is 10.3. The van der Waals surface area contributed by atoms with Gasteiger partial charge < -0.3 is 5.73 Å². The number of rotatable bonds is 1. The Morgan fingerprint density at radius 1 is 1.27 bits per heavy atom. The van der Waals surface area contributed by atoms with Crippen molar-refractivity contribution >= 4 is 5.82 Å². The van der Waals surface area contributed by atoms with Crippen LogP contribution < -0.4 is 5.73 Å². The maximum Gasteiger partial charge on any atom is 0.142 e. The molecule has 0 atom stereocenters. The highest BCUT2D eigenvalue weighted by atomic mass is 19.1. The molecule has 0 saturated heterocycles. The zero-order valence-electron chi connectivity index (χ0n) is 8.24. The molecular formula is C11H10FN3. The zero-order chi connectivity index (χ0) is 10.8. The van der Waals surface area contributed by atoms with E-state index in [4.69, 9.17) is 5.73 Å². The third kappa shape index (κ3) is 1.93. The van der Waals surface area contributed by atoms with Gasteiger partial charge >= 0.3 is 0 Å². The average molecular weight is 203 g/mol. The van der Waals surface area contributed by atoms with Gasteiger partial charge in [-0.1, -0.05) is 11.6 Å². The summed E-state index contributed by atoms with van der Waals surface area (Å²) in [6, 6.07) is 4.84. The van der Waals surface area contributed by atoms with Gasteiger partial charge in [0.2, 0.25) is 0 Å². The Morgan fingerprint density at radius 3 is 2.80 bits per heavy atom. The van der Waals surface area contributed by atoms with Crippen LogP contribution in [0.25, 0.3) is 11.3 Å². The number of benzene rings is 1. The van der Waals surface area contributed by atoms with Gasteiger partial charge in [0.15, 0.2) is 0 Å². The van der Waals surface area contributed by atoms with Crippen molar-refractivity contribution in [3.05, 3.63) is 42.0 Å². The number of anilines is 1. The van der Waals surface area contributed by atoms with E-state index in [1.807, 2.05) is 6.92 Å². The molecule has 4 heteroatoms. The quantitative estimate of drug-likeness (QED) is 0.772. The van der Waals surface area contributed by atoms with Gasteiger partial charge in [-0.3, -0.25) is 4.98 Å². The van der Waals surface area contributed by atoms with E-state index in [9.17, 15) is 4.39 Å². The van der Waals surface area contributed by atoms with Gasteiger partial charge in [0.1, 0.15) is 11.6 Å². The summed E-state index contributed by atoms with van der Waals surface area (Å²) >= 11 is 0. The van der Waals surface area contributed by atoms with Gasteiger partial charge in [0.05, 0.1) is 18.1 Å². The molecule has 15 heavy (non-hydrogen) atoms. The number of nitrogen functional groups attached to an aromatic ring is 1. The summed E-state index contributed by atoms with van der Waals surface area (Å²) in [5, 5.41) is 0. The van der Waals surface area contributed by atoms with Crippen LogP contribution in [0.15, 0.2) is 30.6 Å². The molecular weight excluding hydrogens is 193 g/mol. The Hall–Kier alpha value is -1.97. The van der Waals surface area contributed by atoms with Gasteiger partial charge in [-0.25, -0.2) is 9.37 Å². The third-order valence-electron chi connectivity index (χ3n) is 2.05. The van der Waals surface area contributed by atoms with Crippen LogP contribution in [0, 0.1) is 12.7 Å². The van der Waals surface area contributed by atoms with Crippen molar-refractivity contribution in [3.8, 4) is 11.3 Å². The molecule has 3 nitrogen and oxygen atoms in total. The Morgan fingerprint density at radius 2 is 2.07 bits per heavy atom. The fourth-order valence-corrected chi connectivity index (χ4v) is 1.35. The van der Waals surface area contributed by atoms with E-state index in [-0.39, 0.29) is 11.6 Å². The highest BCUT2D eigenvalue weighted by Crippen LogP contribution is 2.21. The van der Waals surface area contributed by atoms with Gasteiger partial charge in [0.25, 0.3) is 0 Å². The van der Waals surface area contributed by atoms with Gasteiger partial charge in [-0.05, 0) is 19.1 Å². The molecule has 0 bridgehead atoms. The first kappa shape index (κ1) is 9.58. The van der Waals surface area contributed by atoms with Crippen molar-refractivity contribution < 1.29 is 4.39 Å². The fraction of sp³-hybridized carbons (Fsp3) is 0.0909. The Labute approximate surface area is 86.8 Å². The first-order chi connectivity index (χ1) is 7.16. The molecule has 0 unspecified atom stereocenters. The van der Waals surface area contributed by atoms with Gasteiger partial charge in [-0.2, -0.15) is 0 Å². The Kier molecular flexibility index (Phi) is 2.33. The molecule has 0 aliphatic heterocycles. The van der Waals surface area contributed by atoms with E-state index < -0.39 is 0 Å². The maximum absolute atomic E-state index is 13.5. The largest absolute Gasteiger partial charge is 0.382 e. The second-order valence-electron chi connectivity index (χ2n) is 3.31. The summed E-state index contributed by atoms with van der Waals surface area (Å²) in [5.41, 5.74) is 7.34. The summed E-state index contributed by atoms with van der Waals surface area (Å²) in [4.78, 5) is 7.90. The summed E-state index contributed by atoms with van der Waals surface area (Å²) < 4.78 is 13.5. The Bertz CT molecular complexity index is 497. The van der Waals surface area contributed by atoms with E-state index >= 15 is 0 Å². The molecule has 1 aromatic carbocycles. The van der Waals surface area contributed by atoms with Crippen LogP contribution in [-0.4, -0.2) is 9.97 Å². The summed E-state index contributed by atoms with van der Waals surface area (Å²) in [6.45, 7) is 1.89. The molecule has 0 fully saturated rings. The molecule has 2 N–H and O–H groups in total. The SMILES string of the molecule is Cc1ccc(F)c(-c2cncc(N)n2)c1. The van der Waals surface area contributed by atoms with Crippen molar-refractivity contribution in [2.45, 2.75) is 6.92 Å². The van der Waals surface area contributed by atoms with Crippen LogP contribution in [0.2, 0.25) is 0 Å². The summed E-state index contributed by atoms with van der Waals surface area (Å²) in [7, 11) is 0. The lowest BCUT2D eigenvalue weighted by atomic mass is 10.1. The Balaban J connectivity index is 2.58. The number of nitrogens with two attached hydrogens (primary N) is 1. The first-order valence-corrected chi connectivity index (χ1v) is 4.51. The van der Waals surface area contributed by atoms with E-state index in [0.717, 1.165) is 5.56 Å². The number of halogens is 1. The van der Waals surface area contributed by atoms with Crippen LogP contribution >= 0.6 is 0 Å². The predicted octanol–water partition coefficient (Wildman–Crippen LogP) is 2.17. The average Bonchev–Trinajstić information content (AvgIpc) is 2.22. The van der Waals surface area contributed by atoms with Gasteiger partial charge in [-0.15, -0.1) is 0 Å². The lowest BCUT2D eigenvalue weighted by Gasteiger charge is -2.03. The van der Waals surface area contributed by atoms with Gasteiger partial charge in [0, 0.05) is 5.56 Å². The molecule has 0 spiro atoms. The van der Waals surface area contributed by atoms with E-state index in [1.54, 1.807) is 12.1 Å². The fourth-order valence-electron chi connectivity index (χ4n) is 1.35. The molecule has 2 rings (SSSR count). The minimum Gasteiger partial charge on any atom is -0.382 e. The third-order valence-corrected chi connectivity index (χ3v) is 2.05. The van der Waals surface area contributed by atoms with E-state index in [2.05, 4.69) is 9.97 Å². The minimum atomic E-state index is -0.319. The topological polar surface area (TPSA) is 51.8 Å². The second kappa shape index (κ2) is 3.65. The van der Waals surface area contributed by atoms with Crippen LogP contribution in [-0.2, 0) is 0 Å². The van der Waals surface area contributed by atoms with Crippen molar-refractivity contribution in [2.24, 2.45) is 0 Å². The predicted molar refractivity (Wildman–Crippen MR) is 56.6 cm³/mol. The molecule has 0 aliphatic carbocycles. The molecule has 0 radical (unpaired) electrons. The van der Waals surface area contributed by atoms with E-state index in [1.165, 1.54) is 18.5 Å². The number of aryl methyl sites for hydroxylation is 1. The zero-order valence-corrected chi connectivity index (χ0v) is 8.24. The van der Waals surface area contributed by atoms with Crippen molar-refractivity contribution in [3.63, 3.8) is 0 Å². The smallest absolute Gasteiger partial charge is 0.142 e. The molecule has 1 heterocycles. The standard InChI is InChI=1S/C11H10FN3/c1-7-2-3-9(12)8(4-7)10-5-14-6-11(13)15-10/h2-6H,1H3,(H2,13,15). The number of nitrogens with zero attached hydrogens (tertiary/aromatic N) is 2. The number of aromatic nitrogens is 2. The second-order valence-corrected chi connectivity index (χ2v) is 3.31. The van der Waals surface area contributed by atoms with Crippen molar-refractivity contribution in [1.82, 2.24) is 9.97 Å². The molecule has 0 amide bonds. The van der Waals surface area contributed by atoms with Crippen LogP contribution in [0.3, 0.4) is 0 Å². The summed E-state index contributed by atoms with van der Waals surface area (Å²) in [5.74, 6) is -0.0334. The lowest BCUT2D eigenvalue weighted by molar-refractivity contribution is 0.630. The highest BCUT2D eigenvalue weighted by molar-refractivity contribution is 5.61. The molecule has 1 aromatic heterocycles. The highest BCUT2D eigenvalue weighted by Gasteiger charge is 2.06. The number of hydrogen-bond acceptors (Lipinski definition) is 3.